The summed E-state index contributed by atoms with van der Waals surface area (Å²) >= 11 is 0. The zero-order chi connectivity index (χ0) is 17.0. The van der Waals surface area contributed by atoms with E-state index in [1.54, 1.807) is 0 Å². The molecule has 128 valence electrons. The maximum absolute atomic E-state index is 12.2. The van der Waals surface area contributed by atoms with Crippen LogP contribution in [0.15, 0.2) is 12.4 Å². The van der Waals surface area contributed by atoms with E-state index in [1.807, 2.05) is 6.92 Å². The third-order valence-corrected chi connectivity index (χ3v) is 5.74. The molecule has 2 atom stereocenters. The minimum Gasteiger partial charge on any atom is -0.379 e. The van der Waals surface area contributed by atoms with E-state index in [1.165, 1.54) is 30.8 Å². The standard InChI is InChI=1S/C14H22N4O4S/c1-4-13-15-5-10(6-16-13)14(19)17-12-8-22-7-11(12)9-23(20,21)18(2)3/h5-6,11-12H,4,7-9H2,1-3H3,(H,17,19)/t11-,12+/m0/s1. The molecule has 23 heavy (non-hydrogen) atoms. The third-order valence-electron chi connectivity index (χ3n) is 3.78. The van der Waals surface area contributed by atoms with Gasteiger partial charge < -0.3 is 10.1 Å². The summed E-state index contributed by atoms with van der Waals surface area (Å²) in [5, 5.41) is 2.82. The van der Waals surface area contributed by atoms with Crippen molar-refractivity contribution in [3.8, 4) is 0 Å². The van der Waals surface area contributed by atoms with Crippen molar-refractivity contribution in [3.63, 3.8) is 0 Å². The van der Waals surface area contributed by atoms with Gasteiger partial charge in [0.25, 0.3) is 5.91 Å². The lowest BCUT2D eigenvalue weighted by Gasteiger charge is -2.20. The maximum Gasteiger partial charge on any atom is 0.254 e. The molecule has 0 aromatic carbocycles. The van der Waals surface area contributed by atoms with Crippen LogP contribution < -0.4 is 5.32 Å². The van der Waals surface area contributed by atoms with Gasteiger partial charge in [-0.15, -0.1) is 0 Å². The maximum atomic E-state index is 12.2. The molecule has 0 unspecified atom stereocenters. The van der Waals surface area contributed by atoms with E-state index in [0.29, 0.717) is 31.0 Å². The number of hydrogen-bond donors (Lipinski definition) is 1. The second-order valence-electron chi connectivity index (χ2n) is 5.68. The van der Waals surface area contributed by atoms with Crippen LogP contribution in [0, 0.1) is 5.92 Å². The van der Waals surface area contributed by atoms with E-state index in [-0.39, 0.29) is 23.6 Å². The van der Waals surface area contributed by atoms with Crippen molar-refractivity contribution >= 4 is 15.9 Å². The van der Waals surface area contributed by atoms with Crippen LogP contribution in [0.2, 0.25) is 0 Å². The lowest BCUT2D eigenvalue weighted by Crippen LogP contribution is -2.43. The van der Waals surface area contributed by atoms with Gasteiger partial charge in [-0.05, 0) is 0 Å². The smallest absolute Gasteiger partial charge is 0.254 e. The second kappa shape index (κ2) is 7.33. The van der Waals surface area contributed by atoms with Gasteiger partial charge in [-0.25, -0.2) is 22.7 Å². The number of nitrogens with one attached hydrogen (secondary N) is 1. The predicted molar refractivity (Wildman–Crippen MR) is 84.4 cm³/mol. The zero-order valence-corrected chi connectivity index (χ0v) is 14.3. The first-order valence-electron chi connectivity index (χ1n) is 7.43. The fourth-order valence-corrected chi connectivity index (χ4v) is 3.42. The van der Waals surface area contributed by atoms with E-state index in [2.05, 4.69) is 15.3 Å². The van der Waals surface area contributed by atoms with Gasteiger partial charge >= 0.3 is 0 Å². The van der Waals surface area contributed by atoms with Crippen LogP contribution in [-0.4, -0.2) is 67.7 Å². The molecule has 8 nitrogen and oxygen atoms in total. The first-order valence-corrected chi connectivity index (χ1v) is 9.04. The number of amides is 1. The lowest BCUT2D eigenvalue weighted by atomic mass is 10.1. The van der Waals surface area contributed by atoms with Crippen LogP contribution in [0.3, 0.4) is 0 Å². The molecule has 1 saturated heterocycles. The Hall–Kier alpha value is -1.58. The van der Waals surface area contributed by atoms with E-state index in [0.717, 1.165) is 0 Å². The molecule has 0 spiro atoms. The van der Waals surface area contributed by atoms with Gasteiger partial charge in [-0.2, -0.15) is 0 Å². The van der Waals surface area contributed by atoms with E-state index >= 15 is 0 Å². The van der Waals surface area contributed by atoms with Crippen molar-refractivity contribution < 1.29 is 17.9 Å². The molecule has 1 N–H and O–H groups in total. The highest BCUT2D eigenvalue weighted by atomic mass is 32.2. The fraction of sp³-hybridized carbons (Fsp3) is 0.643. The number of carbonyl (C=O) groups is 1. The summed E-state index contributed by atoms with van der Waals surface area (Å²) in [7, 11) is -0.364. The first-order chi connectivity index (χ1) is 10.8. The lowest BCUT2D eigenvalue weighted by molar-refractivity contribution is 0.0925. The largest absolute Gasteiger partial charge is 0.379 e. The Morgan fingerprint density at radius 3 is 2.57 bits per heavy atom. The molecule has 1 aromatic rings. The molecule has 9 heteroatoms. The second-order valence-corrected chi connectivity index (χ2v) is 7.91. The van der Waals surface area contributed by atoms with Crippen molar-refractivity contribution in [2.45, 2.75) is 19.4 Å². The summed E-state index contributed by atoms with van der Waals surface area (Å²) < 4.78 is 30.5. The van der Waals surface area contributed by atoms with Gasteiger partial charge in [0.1, 0.15) is 5.82 Å². The minimum absolute atomic E-state index is 0.0593. The molecule has 1 aliphatic heterocycles. The van der Waals surface area contributed by atoms with Crippen molar-refractivity contribution in [1.29, 1.82) is 0 Å². The Balaban J connectivity index is 2.01. The first kappa shape index (κ1) is 17.8. The van der Waals surface area contributed by atoms with Gasteiger partial charge in [0, 0.05) is 38.8 Å². The van der Waals surface area contributed by atoms with E-state index in [9.17, 15) is 13.2 Å². The van der Waals surface area contributed by atoms with Crippen LogP contribution in [0.5, 0.6) is 0 Å². The van der Waals surface area contributed by atoms with Crippen LogP contribution in [0.1, 0.15) is 23.1 Å². The molecule has 0 radical (unpaired) electrons. The Labute approximate surface area is 136 Å². The summed E-state index contributed by atoms with van der Waals surface area (Å²) in [5.41, 5.74) is 0.350. The normalized spacial score (nSPS) is 21.6. The number of sulfonamides is 1. The van der Waals surface area contributed by atoms with Crippen LogP contribution in [0.4, 0.5) is 0 Å². The average Bonchev–Trinajstić information content (AvgIpc) is 2.93. The van der Waals surface area contributed by atoms with Crippen molar-refractivity contribution in [2.24, 2.45) is 5.92 Å². The molecule has 2 heterocycles. The van der Waals surface area contributed by atoms with Gasteiger partial charge in [-0.3, -0.25) is 4.79 Å². The SMILES string of the molecule is CCc1ncc(C(=O)N[C@@H]2COC[C@H]2CS(=O)(=O)N(C)C)cn1. The Kier molecular flexibility index (Phi) is 5.66. The van der Waals surface area contributed by atoms with Gasteiger partial charge in [0.2, 0.25) is 10.0 Å². The molecule has 1 amide bonds. The number of hydrogen-bond acceptors (Lipinski definition) is 6. The molecular formula is C14H22N4O4S. The highest BCUT2D eigenvalue weighted by Crippen LogP contribution is 2.17. The van der Waals surface area contributed by atoms with Crippen molar-refractivity contribution in [2.75, 3.05) is 33.1 Å². The Morgan fingerprint density at radius 2 is 2.00 bits per heavy atom. The number of rotatable bonds is 6. The molecule has 1 aliphatic rings. The summed E-state index contributed by atoms with van der Waals surface area (Å²) in [5.74, 6) is 0.00855. The highest BCUT2D eigenvalue weighted by molar-refractivity contribution is 7.89. The molecule has 2 rings (SSSR count). The molecule has 1 fully saturated rings. The Bertz CT molecular complexity index is 645. The number of aryl methyl sites for hydroxylation is 1. The number of nitrogens with zero attached hydrogens (tertiary/aromatic N) is 3. The molecule has 0 bridgehead atoms. The number of carbonyl (C=O) groups excluding carboxylic acids is 1. The van der Waals surface area contributed by atoms with Crippen LogP contribution >= 0.6 is 0 Å². The predicted octanol–water partition coefficient (Wildman–Crippen LogP) is -0.325. The highest BCUT2D eigenvalue weighted by Gasteiger charge is 2.34. The zero-order valence-electron chi connectivity index (χ0n) is 13.5. The summed E-state index contributed by atoms with van der Waals surface area (Å²) in [6.07, 6.45) is 3.65. The topological polar surface area (TPSA) is 101 Å². The molecule has 1 aromatic heterocycles. The van der Waals surface area contributed by atoms with Gasteiger partial charge in [0.05, 0.1) is 30.6 Å². The quantitative estimate of drug-likeness (QED) is 0.760. The fourth-order valence-electron chi connectivity index (χ4n) is 2.25. The van der Waals surface area contributed by atoms with Gasteiger partial charge in [0.15, 0.2) is 0 Å². The third kappa shape index (κ3) is 4.46. The van der Waals surface area contributed by atoms with E-state index < -0.39 is 10.0 Å². The number of ether oxygens (including phenoxy) is 1. The molecule has 0 aliphatic carbocycles. The minimum atomic E-state index is -3.35. The van der Waals surface area contributed by atoms with Crippen molar-refractivity contribution in [1.82, 2.24) is 19.6 Å². The molecular weight excluding hydrogens is 320 g/mol. The van der Waals surface area contributed by atoms with Crippen LogP contribution in [0.25, 0.3) is 0 Å². The monoisotopic (exact) mass is 342 g/mol. The summed E-state index contributed by atoms with van der Waals surface area (Å²) in [4.78, 5) is 20.4. The molecule has 0 saturated carbocycles. The summed E-state index contributed by atoms with van der Waals surface area (Å²) in [6, 6.07) is -0.344. The van der Waals surface area contributed by atoms with Gasteiger partial charge in [-0.1, -0.05) is 6.92 Å². The van der Waals surface area contributed by atoms with Crippen LogP contribution in [-0.2, 0) is 21.2 Å². The summed E-state index contributed by atoms with van der Waals surface area (Å²) in [6.45, 7) is 2.54. The number of aromatic nitrogens is 2. The van der Waals surface area contributed by atoms with Crippen molar-refractivity contribution in [3.05, 3.63) is 23.8 Å². The Morgan fingerprint density at radius 1 is 1.35 bits per heavy atom. The average molecular weight is 342 g/mol. The van der Waals surface area contributed by atoms with E-state index in [4.69, 9.17) is 4.74 Å².